The van der Waals surface area contributed by atoms with Gasteiger partial charge in [-0.05, 0) is 76.1 Å². The van der Waals surface area contributed by atoms with Gasteiger partial charge in [-0.15, -0.1) is 5.10 Å². The van der Waals surface area contributed by atoms with Gasteiger partial charge in [-0.1, -0.05) is 17.7 Å². The number of hydrogen-bond acceptors (Lipinski definition) is 7. The number of alkyl halides is 3. The fraction of sp³-hybridized carbons (Fsp3) is 0.531. The lowest BCUT2D eigenvalue weighted by molar-refractivity contribution is -0.137. The molecular weight excluding hydrogens is 641 g/mol. The summed E-state index contributed by atoms with van der Waals surface area (Å²) in [5.74, 6) is 0.205. The number of rotatable bonds is 4. The van der Waals surface area contributed by atoms with Crippen molar-refractivity contribution in [2.75, 3.05) is 31.6 Å². The highest BCUT2D eigenvalue weighted by molar-refractivity contribution is 6.33. The first-order valence-electron chi connectivity index (χ1n) is 15.6. The van der Waals surface area contributed by atoms with E-state index in [0.717, 1.165) is 35.9 Å². The number of carbonyl (C=O) groups is 2. The van der Waals surface area contributed by atoms with E-state index in [4.69, 9.17) is 26.1 Å². The number of benzene rings is 1. The molecule has 250 valence electrons. The predicted molar refractivity (Wildman–Crippen MR) is 165 cm³/mol. The lowest BCUT2D eigenvalue weighted by Crippen LogP contribution is -2.49. The zero-order chi connectivity index (χ0) is 33.5. The summed E-state index contributed by atoms with van der Waals surface area (Å²) in [4.78, 5) is 47.1. The number of amides is 2. The Labute approximate surface area is 272 Å². The Bertz CT molecular complexity index is 1890. The molecule has 3 aromatic rings. The van der Waals surface area contributed by atoms with Crippen LogP contribution in [0.2, 0.25) is 5.02 Å². The summed E-state index contributed by atoms with van der Waals surface area (Å²) >= 11 is 6.14. The Hall–Kier alpha value is -3.91. The third kappa shape index (κ3) is 5.58. The molecule has 1 saturated carbocycles. The summed E-state index contributed by atoms with van der Waals surface area (Å²) < 4.78 is 53.6. The van der Waals surface area contributed by atoms with E-state index in [1.807, 2.05) is 26.8 Å². The number of halogens is 4. The lowest BCUT2D eigenvalue weighted by atomic mass is 9.71. The van der Waals surface area contributed by atoms with Crippen molar-refractivity contribution >= 4 is 40.6 Å². The fourth-order valence-electron chi connectivity index (χ4n) is 7.40. The summed E-state index contributed by atoms with van der Waals surface area (Å²) in [6, 6.07) is 2.73. The molecule has 15 heteroatoms. The third-order valence-electron chi connectivity index (χ3n) is 9.56. The van der Waals surface area contributed by atoms with Crippen LogP contribution in [0.1, 0.15) is 75.0 Å². The number of nitrogens with zero attached hydrogens (tertiary/aromatic N) is 5. The molecule has 2 amide bonds. The van der Waals surface area contributed by atoms with Gasteiger partial charge in [0.25, 0.3) is 5.56 Å². The van der Waals surface area contributed by atoms with E-state index in [1.54, 1.807) is 9.47 Å². The van der Waals surface area contributed by atoms with Crippen molar-refractivity contribution in [3.8, 4) is 0 Å². The summed E-state index contributed by atoms with van der Waals surface area (Å²) in [5, 5.41) is 7.00. The van der Waals surface area contributed by atoms with Crippen LogP contribution in [0.15, 0.2) is 29.1 Å². The first-order chi connectivity index (χ1) is 22.2. The SMILES string of the molecule is CC(C)(C)OC(=O)N1CCC2(CC1)c1c(n(CC(=O)Nc3ccc(C(F)(F)F)cc3Cl)c3nc(C4=CCOCC4)nn3c1=O)C1CC12. The monoisotopic (exact) mass is 674 g/mol. The largest absolute Gasteiger partial charge is 0.444 e. The lowest BCUT2D eigenvalue weighted by Gasteiger charge is -2.41. The Morgan fingerprint density at radius 3 is 2.57 bits per heavy atom. The Balaban J connectivity index is 1.27. The molecule has 7 rings (SSSR count). The predicted octanol–water partition coefficient (Wildman–Crippen LogP) is 5.39. The van der Waals surface area contributed by atoms with Crippen LogP contribution in [-0.2, 0) is 32.4 Å². The van der Waals surface area contributed by atoms with Gasteiger partial charge < -0.3 is 24.3 Å². The number of piperidine rings is 1. The summed E-state index contributed by atoms with van der Waals surface area (Å²) in [6.45, 7) is 6.88. The van der Waals surface area contributed by atoms with Crippen LogP contribution in [-0.4, -0.2) is 68.0 Å². The molecular formula is C32H34ClF3N6O5. The van der Waals surface area contributed by atoms with Gasteiger partial charge in [-0.2, -0.15) is 22.7 Å². The second-order valence-corrected chi connectivity index (χ2v) is 14.1. The highest BCUT2D eigenvalue weighted by Gasteiger charge is 2.64. The number of likely N-dealkylation sites (tertiary alicyclic amines) is 1. The molecule has 4 aliphatic rings. The Morgan fingerprint density at radius 2 is 1.94 bits per heavy atom. The topological polar surface area (TPSA) is 120 Å². The van der Waals surface area contributed by atoms with Crippen molar-refractivity contribution in [1.29, 1.82) is 0 Å². The fourth-order valence-corrected chi connectivity index (χ4v) is 7.63. The van der Waals surface area contributed by atoms with E-state index < -0.39 is 34.8 Å². The van der Waals surface area contributed by atoms with Crippen LogP contribution in [0, 0.1) is 5.92 Å². The molecule has 4 heterocycles. The van der Waals surface area contributed by atoms with Gasteiger partial charge in [0, 0.05) is 35.7 Å². The van der Waals surface area contributed by atoms with Crippen molar-refractivity contribution in [2.24, 2.45) is 5.92 Å². The minimum Gasteiger partial charge on any atom is -0.444 e. The smallest absolute Gasteiger partial charge is 0.416 e. The number of hydrogen-bond donors (Lipinski definition) is 1. The molecule has 2 aliphatic heterocycles. The standard InChI is InChI=1S/C32H34ClF3N6O5/c1-30(2,3)47-29(45)40-10-8-31(9-11-40)20-15-19(20)25-24(31)27(44)42-28(38-26(39-42)17-6-12-46-13-7-17)41(25)16-23(43)37-22-5-4-18(14-21(22)33)32(34,35)36/h4-6,14,19-20H,7-13,15-16H2,1-3H3,(H,37,43). The van der Waals surface area contributed by atoms with Crippen LogP contribution < -0.4 is 10.9 Å². The van der Waals surface area contributed by atoms with E-state index in [9.17, 15) is 27.6 Å². The average Bonchev–Trinajstić information content (AvgIpc) is 3.60. The van der Waals surface area contributed by atoms with Gasteiger partial charge in [-0.3, -0.25) is 9.59 Å². The van der Waals surface area contributed by atoms with E-state index in [0.29, 0.717) is 57.0 Å². The van der Waals surface area contributed by atoms with Gasteiger partial charge in [0.2, 0.25) is 11.7 Å². The van der Waals surface area contributed by atoms with Crippen molar-refractivity contribution in [3.63, 3.8) is 0 Å². The molecule has 2 aromatic heterocycles. The number of nitrogens with one attached hydrogen (secondary N) is 1. The minimum absolute atomic E-state index is 0.0145. The first kappa shape index (κ1) is 31.7. The normalized spacial score (nSPS) is 21.8. The summed E-state index contributed by atoms with van der Waals surface area (Å²) in [5.41, 5.74) is -0.186. The van der Waals surface area contributed by atoms with Crippen LogP contribution in [0.25, 0.3) is 11.4 Å². The molecule has 0 radical (unpaired) electrons. The number of anilines is 1. The van der Waals surface area contributed by atoms with Crippen molar-refractivity contribution in [1.82, 2.24) is 24.1 Å². The zero-order valence-electron chi connectivity index (χ0n) is 26.1. The van der Waals surface area contributed by atoms with Crippen LogP contribution in [0.3, 0.4) is 0 Å². The van der Waals surface area contributed by atoms with Crippen molar-refractivity contribution in [3.05, 3.63) is 62.3 Å². The number of ether oxygens (including phenoxy) is 2. The minimum atomic E-state index is -4.58. The molecule has 2 unspecified atom stereocenters. The van der Waals surface area contributed by atoms with Gasteiger partial charge in [-0.25, -0.2) is 4.79 Å². The van der Waals surface area contributed by atoms with Gasteiger partial charge >= 0.3 is 12.3 Å². The molecule has 1 saturated heterocycles. The first-order valence-corrected chi connectivity index (χ1v) is 16.0. The molecule has 1 spiro atoms. The Kier molecular flexibility index (Phi) is 7.47. The molecule has 2 fully saturated rings. The van der Waals surface area contributed by atoms with Crippen LogP contribution in [0.4, 0.5) is 23.7 Å². The molecule has 2 aliphatic carbocycles. The molecule has 0 bridgehead atoms. The van der Waals surface area contributed by atoms with Crippen LogP contribution in [0.5, 0.6) is 0 Å². The molecule has 11 nitrogen and oxygen atoms in total. The maximum Gasteiger partial charge on any atom is 0.416 e. The summed E-state index contributed by atoms with van der Waals surface area (Å²) in [6.07, 6.45) is -0.617. The van der Waals surface area contributed by atoms with Crippen LogP contribution >= 0.6 is 11.6 Å². The molecule has 1 N–H and O–H groups in total. The van der Waals surface area contributed by atoms with E-state index in [2.05, 4.69) is 10.4 Å². The van der Waals surface area contributed by atoms with Gasteiger partial charge in [0.1, 0.15) is 12.1 Å². The summed E-state index contributed by atoms with van der Waals surface area (Å²) in [7, 11) is 0. The highest BCUT2D eigenvalue weighted by atomic mass is 35.5. The third-order valence-corrected chi connectivity index (χ3v) is 9.88. The number of aromatic nitrogens is 4. The van der Waals surface area contributed by atoms with Gasteiger partial charge in [0.15, 0.2) is 5.82 Å². The highest BCUT2D eigenvalue weighted by Crippen LogP contribution is 2.67. The average molecular weight is 675 g/mol. The van der Waals surface area contributed by atoms with Crippen molar-refractivity contribution in [2.45, 2.75) is 76.1 Å². The quantitative estimate of drug-likeness (QED) is 0.394. The van der Waals surface area contributed by atoms with E-state index in [-0.39, 0.29) is 40.4 Å². The number of carbonyl (C=O) groups excluding carboxylic acids is 2. The molecule has 1 aromatic carbocycles. The van der Waals surface area contributed by atoms with Crippen molar-refractivity contribution < 1.29 is 32.2 Å². The molecule has 47 heavy (non-hydrogen) atoms. The maximum atomic E-state index is 14.3. The maximum absolute atomic E-state index is 14.3. The van der Waals surface area contributed by atoms with E-state index >= 15 is 0 Å². The van der Waals surface area contributed by atoms with E-state index in [1.165, 1.54) is 4.52 Å². The Morgan fingerprint density at radius 1 is 1.19 bits per heavy atom. The second kappa shape index (κ2) is 11.1. The van der Waals surface area contributed by atoms with Gasteiger partial charge in [0.05, 0.1) is 29.5 Å². The second-order valence-electron chi connectivity index (χ2n) is 13.7. The zero-order valence-corrected chi connectivity index (χ0v) is 26.9. The number of fused-ring (bicyclic) bond motifs is 6. The molecule has 2 atom stereocenters.